The number of amides is 1. The molecule has 1 aliphatic rings. The number of aliphatic hydroxyl groups is 1. The fraction of sp³-hybridized carbons (Fsp3) is 0.350. The summed E-state index contributed by atoms with van der Waals surface area (Å²) in [6, 6.07) is 15.4. The lowest BCUT2D eigenvalue weighted by Crippen LogP contribution is -2.34. The van der Waals surface area contributed by atoms with Crippen molar-refractivity contribution >= 4 is 5.91 Å². The van der Waals surface area contributed by atoms with Crippen molar-refractivity contribution < 1.29 is 14.6 Å². The van der Waals surface area contributed by atoms with Crippen LogP contribution in [0.1, 0.15) is 41.6 Å². The zero-order valence-electron chi connectivity index (χ0n) is 13.9. The Morgan fingerprint density at radius 3 is 2.75 bits per heavy atom. The van der Waals surface area contributed by atoms with Crippen LogP contribution in [0.4, 0.5) is 0 Å². The van der Waals surface area contributed by atoms with Crippen LogP contribution in [0.3, 0.4) is 0 Å². The van der Waals surface area contributed by atoms with Gasteiger partial charge in [0.2, 0.25) is 5.91 Å². The number of nitrogens with one attached hydrogen (secondary N) is 1. The first-order chi connectivity index (χ1) is 11.7. The van der Waals surface area contributed by atoms with Gasteiger partial charge in [0.1, 0.15) is 5.75 Å². The minimum absolute atomic E-state index is 0.00490. The molecule has 0 fully saturated rings. The Morgan fingerprint density at radius 2 is 2.00 bits per heavy atom. The third-order valence-electron chi connectivity index (χ3n) is 4.66. The van der Waals surface area contributed by atoms with Gasteiger partial charge in [-0.3, -0.25) is 4.79 Å². The summed E-state index contributed by atoms with van der Waals surface area (Å²) in [6.45, 7) is 0.212. The van der Waals surface area contributed by atoms with Crippen LogP contribution in [0.5, 0.6) is 5.75 Å². The van der Waals surface area contributed by atoms with Gasteiger partial charge in [-0.15, -0.1) is 0 Å². The van der Waals surface area contributed by atoms with Gasteiger partial charge in [0.15, 0.2) is 0 Å². The van der Waals surface area contributed by atoms with E-state index in [4.69, 9.17) is 4.74 Å². The Morgan fingerprint density at radius 1 is 1.25 bits per heavy atom. The molecule has 1 amide bonds. The van der Waals surface area contributed by atoms with Gasteiger partial charge < -0.3 is 15.2 Å². The number of aryl methyl sites for hydroxylation is 1. The number of hydrogen-bond donors (Lipinski definition) is 2. The van der Waals surface area contributed by atoms with Gasteiger partial charge in [0, 0.05) is 6.54 Å². The third-order valence-corrected chi connectivity index (χ3v) is 4.66. The fourth-order valence-corrected chi connectivity index (χ4v) is 3.29. The van der Waals surface area contributed by atoms with E-state index in [1.54, 1.807) is 19.2 Å². The van der Waals surface area contributed by atoms with Gasteiger partial charge in [-0.2, -0.15) is 0 Å². The van der Waals surface area contributed by atoms with Crippen molar-refractivity contribution in [3.63, 3.8) is 0 Å². The average molecular weight is 325 g/mol. The number of rotatable bonds is 5. The molecule has 0 unspecified atom stereocenters. The summed E-state index contributed by atoms with van der Waals surface area (Å²) in [5.74, 6) is 0.626. The molecule has 0 aliphatic heterocycles. The maximum Gasteiger partial charge on any atom is 0.227 e. The lowest BCUT2D eigenvalue weighted by atomic mass is 9.82. The van der Waals surface area contributed by atoms with Gasteiger partial charge in [-0.1, -0.05) is 36.4 Å². The molecular formula is C20H23NO3. The molecule has 0 saturated carbocycles. The van der Waals surface area contributed by atoms with Crippen molar-refractivity contribution in [3.05, 3.63) is 65.2 Å². The molecule has 2 N–H and O–H groups in total. The fourth-order valence-electron chi connectivity index (χ4n) is 3.29. The summed E-state index contributed by atoms with van der Waals surface area (Å²) in [4.78, 5) is 12.6. The Labute approximate surface area is 142 Å². The molecule has 4 heteroatoms. The standard InChI is InChI=1S/C20H23NO3/c1-24-16-11-9-15(10-12-16)19(22)13-21-20(23)18-8-4-6-14-5-2-3-7-17(14)18/h2-3,5,7,9-12,18-19,22H,4,6,8,13H2,1H3,(H,21,23)/t18-,19+/m0/s1. The SMILES string of the molecule is COc1ccc([C@H](O)CNC(=O)[C@H]2CCCc3ccccc32)cc1. The largest absolute Gasteiger partial charge is 0.497 e. The van der Waals surface area contributed by atoms with Gasteiger partial charge in [-0.05, 0) is 48.1 Å². The molecule has 0 bridgehead atoms. The predicted molar refractivity (Wildman–Crippen MR) is 93.1 cm³/mol. The maximum atomic E-state index is 12.6. The van der Waals surface area contributed by atoms with Crippen LogP contribution in [0.2, 0.25) is 0 Å². The number of methoxy groups -OCH3 is 1. The molecule has 4 nitrogen and oxygen atoms in total. The van der Waals surface area contributed by atoms with E-state index >= 15 is 0 Å². The zero-order chi connectivity index (χ0) is 16.9. The highest BCUT2D eigenvalue weighted by molar-refractivity contribution is 5.84. The van der Waals surface area contributed by atoms with Crippen LogP contribution in [-0.4, -0.2) is 24.7 Å². The summed E-state index contributed by atoms with van der Waals surface area (Å²) in [6.07, 6.45) is 2.20. The van der Waals surface area contributed by atoms with Crippen molar-refractivity contribution in [3.8, 4) is 5.75 Å². The number of hydrogen-bond acceptors (Lipinski definition) is 3. The van der Waals surface area contributed by atoms with Crippen molar-refractivity contribution in [1.82, 2.24) is 5.32 Å². The number of ether oxygens (including phenoxy) is 1. The Bertz CT molecular complexity index is 696. The topological polar surface area (TPSA) is 58.6 Å². The van der Waals surface area contributed by atoms with E-state index in [0.717, 1.165) is 36.1 Å². The second-order valence-corrected chi connectivity index (χ2v) is 6.18. The monoisotopic (exact) mass is 325 g/mol. The molecule has 0 spiro atoms. The third kappa shape index (κ3) is 3.60. The highest BCUT2D eigenvalue weighted by atomic mass is 16.5. The minimum Gasteiger partial charge on any atom is -0.497 e. The molecule has 0 aromatic heterocycles. The molecule has 0 heterocycles. The van der Waals surface area contributed by atoms with Crippen molar-refractivity contribution in [2.45, 2.75) is 31.3 Å². The summed E-state index contributed by atoms with van der Waals surface area (Å²) in [5.41, 5.74) is 3.15. The normalized spacial score (nSPS) is 17.7. The number of aliphatic hydroxyl groups excluding tert-OH is 1. The lowest BCUT2D eigenvalue weighted by Gasteiger charge is -2.25. The summed E-state index contributed by atoms with van der Waals surface area (Å²) >= 11 is 0. The van der Waals surface area contributed by atoms with Gasteiger partial charge >= 0.3 is 0 Å². The van der Waals surface area contributed by atoms with E-state index in [0.29, 0.717) is 0 Å². The number of carbonyl (C=O) groups is 1. The molecule has 1 aliphatic carbocycles. The first kappa shape index (κ1) is 16.5. The molecular weight excluding hydrogens is 302 g/mol. The number of benzene rings is 2. The van der Waals surface area contributed by atoms with Crippen LogP contribution >= 0.6 is 0 Å². The van der Waals surface area contributed by atoms with E-state index in [9.17, 15) is 9.90 Å². The minimum atomic E-state index is -0.723. The van der Waals surface area contributed by atoms with E-state index in [-0.39, 0.29) is 18.4 Å². The maximum absolute atomic E-state index is 12.6. The quantitative estimate of drug-likeness (QED) is 0.888. The van der Waals surface area contributed by atoms with Gasteiger partial charge in [0.25, 0.3) is 0 Å². The van der Waals surface area contributed by atoms with E-state index in [1.165, 1.54) is 5.56 Å². The first-order valence-electron chi connectivity index (χ1n) is 8.36. The Hall–Kier alpha value is -2.33. The molecule has 2 aromatic carbocycles. The second-order valence-electron chi connectivity index (χ2n) is 6.18. The van der Waals surface area contributed by atoms with E-state index < -0.39 is 6.10 Å². The molecule has 0 saturated heterocycles. The number of carbonyl (C=O) groups excluding carboxylic acids is 1. The molecule has 0 radical (unpaired) electrons. The van der Waals surface area contributed by atoms with Crippen molar-refractivity contribution in [1.29, 1.82) is 0 Å². The van der Waals surface area contributed by atoms with Crippen LogP contribution in [0.15, 0.2) is 48.5 Å². The molecule has 126 valence electrons. The van der Waals surface area contributed by atoms with Gasteiger partial charge in [-0.25, -0.2) is 0 Å². The Kier molecular flexibility index (Phi) is 5.16. The van der Waals surface area contributed by atoms with E-state index in [2.05, 4.69) is 11.4 Å². The molecule has 2 aromatic rings. The second kappa shape index (κ2) is 7.49. The van der Waals surface area contributed by atoms with Crippen LogP contribution in [-0.2, 0) is 11.2 Å². The van der Waals surface area contributed by atoms with Crippen LogP contribution in [0, 0.1) is 0 Å². The summed E-state index contributed by atoms with van der Waals surface area (Å²) in [5, 5.41) is 13.2. The van der Waals surface area contributed by atoms with Crippen molar-refractivity contribution in [2.24, 2.45) is 0 Å². The summed E-state index contributed by atoms with van der Waals surface area (Å²) < 4.78 is 5.11. The summed E-state index contributed by atoms with van der Waals surface area (Å²) in [7, 11) is 1.60. The molecule has 2 atom stereocenters. The predicted octanol–water partition coefficient (Wildman–Crippen LogP) is 2.96. The number of fused-ring (bicyclic) bond motifs is 1. The lowest BCUT2D eigenvalue weighted by molar-refractivity contribution is -0.123. The molecule has 24 heavy (non-hydrogen) atoms. The highest BCUT2D eigenvalue weighted by Crippen LogP contribution is 2.31. The molecule has 3 rings (SSSR count). The van der Waals surface area contributed by atoms with E-state index in [1.807, 2.05) is 30.3 Å². The Balaban J connectivity index is 1.61. The van der Waals surface area contributed by atoms with Crippen LogP contribution in [0.25, 0.3) is 0 Å². The smallest absolute Gasteiger partial charge is 0.227 e. The first-order valence-corrected chi connectivity index (χ1v) is 8.36. The average Bonchev–Trinajstić information content (AvgIpc) is 2.65. The van der Waals surface area contributed by atoms with Crippen LogP contribution < -0.4 is 10.1 Å². The highest BCUT2D eigenvalue weighted by Gasteiger charge is 2.26. The van der Waals surface area contributed by atoms with Gasteiger partial charge in [0.05, 0.1) is 19.1 Å². The zero-order valence-corrected chi connectivity index (χ0v) is 13.9. The van der Waals surface area contributed by atoms with Crippen molar-refractivity contribution in [2.75, 3.05) is 13.7 Å².